The van der Waals surface area contributed by atoms with E-state index in [-0.39, 0.29) is 20.8 Å². The van der Waals surface area contributed by atoms with E-state index in [9.17, 15) is 22.8 Å². The van der Waals surface area contributed by atoms with Crippen LogP contribution in [0.1, 0.15) is 10.4 Å². The summed E-state index contributed by atoms with van der Waals surface area (Å²) in [5.41, 5.74) is 0.588. The molecular formula is C20H18ClN3O6S. The Hall–Kier alpha value is -2.95. The van der Waals surface area contributed by atoms with Gasteiger partial charge in [-0.2, -0.15) is 0 Å². The minimum atomic E-state index is -4.39. The second-order valence-electron chi connectivity index (χ2n) is 6.94. The maximum absolute atomic E-state index is 12.9. The summed E-state index contributed by atoms with van der Waals surface area (Å²) in [4.78, 5) is 40.6. The average Bonchev–Trinajstić information content (AvgIpc) is 3.08. The van der Waals surface area contributed by atoms with Gasteiger partial charge in [0.15, 0.2) is 0 Å². The molecular weight excluding hydrogens is 446 g/mol. The minimum Gasteiger partial charge on any atom is -0.378 e. The summed E-state index contributed by atoms with van der Waals surface area (Å²) in [5, 5.41) is 0.321. The SMILES string of the molecule is O=C(c1cccc(N2CC(=O)N(S(=O)(=O)c3ccc(Cl)cc3)C2=O)c1)N1CCOCC1. The van der Waals surface area contributed by atoms with Gasteiger partial charge < -0.3 is 9.64 Å². The molecule has 2 fully saturated rings. The first-order valence-corrected chi connectivity index (χ1v) is 11.2. The number of rotatable bonds is 4. The predicted molar refractivity (Wildman–Crippen MR) is 111 cm³/mol. The van der Waals surface area contributed by atoms with Crippen molar-refractivity contribution < 1.29 is 27.5 Å². The van der Waals surface area contributed by atoms with E-state index in [2.05, 4.69) is 0 Å². The van der Waals surface area contributed by atoms with Gasteiger partial charge in [-0.05, 0) is 42.5 Å². The molecule has 9 nitrogen and oxygen atoms in total. The van der Waals surface area contributed by atoms with Gasteiger partial charge in [-0.25, -0.2) is 13.2 Å². The van der Waals surface area contributed by atoms with Crippen molar-refractivity contribution in [3.8, 4) is 0 Å². The minimum absolute atomic E-state index is 0.225. The normalized spacial score (nSPS) is 17.4. The molecule has 2 aliphatic rings. The smallest absolute Gasteiger partial charge is 0.346 e. The second kappa shape index (κ2) is 8.29. The molecule has 0 radical (unpaired) electrons. The molecule has 0 bridgehead atoms. The number of carbonyl (C=O) groups excluding carboxylic acids is 3. The third-order valence-corrected chi connectivity index (χ3v) is 6.94. The molecule has 2 saturated heterocycles. The number of anilines is 1. The van der Waals surface area contributed by atoms with Crippen LogP contribution >= 0.6 is 11.6 Å². The first-order chi connectivity index (χ1) is 14.8. The third kappa shape index (κ3) is 4.01. The number of sulfonamides is 1. The lowest BCUT2D eigenvalue weighted by molar-refractivity contribution is -0.121. The third-order valence-electron chi connectivity index (χ3n) is 4.98. The van der Waals surface area contributed by atoms with E-state index in [0.717, 1.165) is 4.90 Å². The van der Waals surface area contributed by atoms with Crippen LogP contribution in [0.2, 0.25) is 5.02 Å². The topological polar surface area (TPSA) is 104 Å². The van der Waals surface area contributed by atoms with Crippen LogP contribution < -0.4 is 4.90 Å². The number of ether oxygens (including phenoxy) is 1. The zero-order valence-electron chi connectivity index (χ0n) is 16.2. The molecule has 0 spiro atoms. The Balaban J connectivity index is 1.60. The van der Waals surface area contributed by atoms with E-state index in [1.807, 2.05) is 0 Å². The van der Waals surface area contributed by atoms with Gasteiger partial charge >= 0.3 is 6.03 Å². The van der Waals surface area contributed by atoms with Crippen LogP contribution in [0, 0.1) is 0 Å². The number of carbonyl (C=O) groups is 3. The van der Waals surface area contributed by atoms with Gasteiger partial charge in [0.1, 0.15) is 6.54 Å². The van der Waals surface area contributed by atoms with Crippen LogP contribution in [0.4, 0.5) is 10.5 Å². The summed E-state index contributed by atoms with van der Waals surface area (Å²) in [5.74, 6) is -1.11. The van der Waals surface area contributed by atoms with Crippen LogP contribution in [0.5, 0.6) is 0 Å². The highest BCUT2D eigenvalue weighted by Crippen LogP contribution is 2.28. The van der Waals surface area contributed by atoms with Crippen molar-refractivity contribution in [3.05, 3.63) is 59.1 Å². The van der Waals surface area contributed by atoms with E-state index in [1.165, 1.54) is 30.3 Å². The molecule has 4 amide bonds. The molecule has 162 valence electrons. The highest BCUT2D eigenvalue weighted by molar-refractivity contribution is 7.90. The second-order valence-corrected chi connectivity index (χ2v) is 9.16. The molecule has 0 aromatic heterocycles. The van der Waals surface area contributed by atoms with Crippen molar-refractivity contribution in [3.63, 3.8) is 0 Å². The van der Waals surface area contributed by atoms with Crippen molar-refractivity contribution in [1.82, 2.24) is 9.21 Å². The van der Waals surface area contributed by atoms with Gasteiger partial charge in [-0.3, -0.25) is 14.5 Å². The zero-order chi connectivity index (χ0) is 22.2. The lowest BCUT2D eigenvalue weighted by Gasteiger charge is -2.27. The van der Waals surface area contributed by atoms with Crippen molar-refractivity contribution in [2.24, 2.45) is 0 Å². The van der Waals surface area contributed by atoms with Crippen molar-refractivity contribution in [1.29, 1.82) is 0 Å². The number of halogens is 1. The Morgan fingerprint density at radius 2 is 1.68 bits per heavy atom. The zero-order valence-corrected chi connectivity index (χ0v) is 17.8. The molecule has 2 heterocycles. The van der Waals surface area contributed by atoms with E-state index < -0.39 is 28.5 Å². The lowest BCUT2D eigenvalue weighted by atomic mass is 10.1. The molecule has 11 heteroatoms. The Bertz CT molecular complexity index is 1150. The molecule has 31 heavy (non-hydrogen) atoms. The fourth-order valence-corrected chi connectivity index (χ4v) is 4.84. The molecule has 0 aliphatic carbocycles. The standard InChI is InChI=1S/C20H18ClN3O6S/c21-15-4-6-17(7-5-15)31(28,29)24-18(25)13-23(20(24)27)16-3-1-2-14(12-16)19(26)22-8-10-30-11-9-22/h1-7,12H,8-11,13H2. The van der Waals surface area contributed by atoms with Crippen LogP contribution in [0.3, 0.4) is 0 Å². The maximum atomic E-state index is 12.9. The fraction of sp³-hybridized carbons (Fsp3) is 0.250. The summed E-state index contributed by atoms with van der Waals surface area (Å²) in [6.45, 7) is 1.35. The molecule has 0 N–H and O–H groups in total. The van der Waals surface area contributed by atoms with Gasteiger partial charge in [0, 0.05) is 29.4 Å². The number of hydrogen-bond acceptors (Lipinski definition) is 6. The van der Waals surface area contributed by atoms with Crippen LogP contribution in [-0.4, -0.2) is 68.3 Å². The number of morpholine rings is 1. The summed E-state index contributed by atoms with van der Waals surface area (Å²) in [7, 11) is -4.39. The number of amides is 4. The van der Waals surface area contributed by atoms with Crippen LogP contribution in [0.15, 0.2) is 53.4 Å². The molecule has 0 saturated carbocycles. The van der Waals surface area contributed by atoms with Gasteiger partial charge in [-0.15, -0.1) is 4.31 Å². The van der Waals surface area contributed by atoms with E-state index in [1.54, 1.807) is 23.1 Å². The van der Waals surface area contributed by atoms with E-state index in [0.29, 0.717) is 36.9 Å². The Kier molecular flexibility index (Phi) is 5.69. The van der Waals surface area contributed by atoms with E-state index >= 15 is 0 Å². The molecule has 2 aliphatic heterocycles. The Labute approximate surface area is 183 Å². The largest absolute Gasteiger partial charge is 0.378 e. The molecule has 0 unspecified atom stereocenters. The van der Waals surface area contributed by atoms with Crippen molar-refractivity contribution in [2.45, 2.75) is 4.90 Å². The summed E-state index contributed by atoms with van der Waals surface area (Å²) < 4.78 is 31.2. The van der Waals surface area contributed by atoms with Gasteiger partial charge in [0.2, 0.25) is 0 Å². The lowest BCUT2D eigenvalue weighted by Crippen LogP contribution is -2.40. The van der Waals surface area contributed by atoms with Crippen molar-refractivity contribution >= 4 is 45.2 Å². The summed E-state index contributed by atoms with van der Waals surface area (Å²) >= 11 is 5.79. The quantitative estimate of drug-likeness (QED) is 0.642. The molecule has 0 atom stereocenters. The monoisotopic (exact) mass is 463 g/mol. The van der Waals surface area contributed by atoms with Crippen LogP contribution in [-0.2, 0) is 19.6 Å². The van der Waals surface area contributed by atoms with Gasteiger partial charge in [0.05, 0.1) is 18.1 Å². The first kappa shape index (κ1) is 21.3. The number of imide groups is 1. The maximum Gasteiger partial charge on any atom is 0.346 e. The van der Waals surface area contributed by atoms with Crippen molar-refractivity contribution in [2.75, 3.05) is 37.7 Å². The highest BCUT2D eigenvalue weighted by atomic mass is 35.5. The number of hydrogen-bond donors (Lipinski definition) is 0. The Morgan fingerprint density at radius 3 is 2.35 bits per heavy atom. The average molecular weight is 464 g/mol. The number of benzene rings is 2. The summed E-state index contributed by atoms with van der Waals surface area (Å²) in [6, 6.07) is 10.4. The fourth-order valence-electron chi connectivity index (χ4n) is 3.39. The summed E-state index contributed by atoms with van der Waals surface area (Å²) in [6.07, 6.45) is 0. The van der Waals surface area contributed by atoms with Gasteiger partial charge in [-0.1, -0.05) is 17.7 Å². The highest BCUT2D eigenvalue weighted by Gasteiger charge is 2.45. The van der Waals surface area contributed by atoms with Gasteiger partial charge in [0.25, 0.3) is 21.8 Å². The number of nitrogens with zero attached hydrogens (tertiary/aromatic N) is 3. The molecule has 4 rings (SSSR count). The predicted octanol–water partition coefficient (Wildman–Crippen LogP) is 1.97. The van der Waals surface area contributed by atoms with Crippen LogP contribution in [0.25, 0.3) is 0 Å². The number of urea groups is 1. The Morgan fingerprint density at radius 1 is 1.00 bits per heavy atom. The first-order valence-electron chi connectivity index (χ1n) is 9.41. The molecule has 2 aromatic carbocycles. The molecule has 2 aromatic rings. The van der Waals surface area contributed by atoms with E-state index in [4.69, 9.17) is 16.3 Å².